The lowest BCUT2D eigenvalue weighted by molar-refractivity contribution is 0.0885. The Morgan fingerprint density at radius 1 is 0.714 bits per heavy atom. The maximum Gasteiger partial charge on any atom is 0.173 e. The van der Waals surface area contributed by atoms with Crippen LogP contribution in [-0.4, -0.2) is 18.4 Å². The summed E-state index contributed by atoms with van der Waals surface area (Å²) in [5, 5.41) is 2.42. The van der Waals surface area contributed by atoms with Gasteiger partial charge in [0.15, 0.2) is 5.78 Å². The number of fused-ring (bicyclic) bond motifs is 3. The van der Waals surface area contributed by atoms with Crippen molar-refractivity contribution in [2.24, 2.45) is 5.92 Å². The first-order valence-electron chi connectivity index (χ1n) is 14.8. The molecule has 7 rings (SSSR count). The Hall–Kier alpha value is -4.69. The van der Waals surface area contributed by atoms with Gasteiger partial charge in [0, 0.05) is 29.1 Å². The molecule has 2 heteroatoms. The van der Waals surface area contributed by atoms with Crippen molar-refractivity contribution in [2.45, 2.75) is 31.7 Å². The fourth-order valence-corrected chi connectivity index (χ4v) is 7.53. The van der Waals surface area contributed by atoms with Gasteiger partial charge in [-0.05, 0) is 52.3 Å². The van der Waals surface area contributed by atoms with Crippen molar-refractivity contribution in [2.75, 3.05) is 11.9 Å². The second-order valence-electron chi connectivity index (χ2n) is 12.3. The van der Waals surface area contributed by atoms with Crippen LogP contribution in [0.15, 0.2) is 133 Å². The summed E-state index contributed by atoms with van der Waals surface area (Å²) in [5.74, 6) is -0.302. The Labute approximate surface area is 248 Å². The molecule has 0 fully saturated rings. The summed E-state index contributed by atoms with van der Waals surface area (Å²) < 4.78 is 0. The Bertz CT molecular complexity index is 1880. The van der Waals surface area contributed by atoms with Crippen LogP contribution in [0.3, 0.4) is 0 Å². The molecule has 0 N–H and O–H groups in total. The van der Waals surface area contributed by atoms with Gasteiger partial charge in [-0.15, -0.1) is 0 Å². The van der Waals surface area contributed by atoms with Gasteiger partial charge in [0.25, 0.3) is 0 Å². The molecular weight excluding hydrogens is 510 g/mol. The second-order valence-corrected chi connectivity index (χ2v) is 12.3. The maximum absolute atomic E-state index is 15.0. The van der Waals surface area contributed by atoms with Gasteiger partial charge in [-0.25, -0.2) is 0 Å². The van der Waals surface area contributed by atoms with E-state index in [9.17, 15) is 0 Å². The number of nitrogens with zero attached hydrogens (tertiary/aromatic N) is 1. The van der Waals surface area contributed by atoms with Crippen LogP contribution in [0.4, 0.5) is 5.69 Å². The number of carbonyl (C=O) groups is 1. The number of carbonyl (C=O) groups excluding carboxylic acids is 1. The highest BCUT2D eigenvalue weighted by Crippen LogP contribution is 2.61. The average Bonchev–Trinajstić information content (AvgIpc) is 3.19. The molecule has 1 heterocycles. The molecule has 0 radical (unpaired) electrons. The summed E-state index contributed by atoms with van der Waals surface area (Å²) in [5.41, 5.74) is 7.77. The molecule has 5 aromatic rings. The first kappa shape index (κ1) is 26.2. The zero-order valence-corrected chi connectivity index (χ0v) is 24.6. The van der Waals surface area contributed by atoms with E-state index in [2.05, 4.69) is 136 Å². The number of Topliss-reactive ketones (excluding diaryl/α,β-unsaturated/α-hetero) is 1. The first-order chi connectivity index (χ1) is 20.3. The van der Waals surface area contributed by atoms with Crippen molar-refractivity contribution < 1.29 is 4.79 Å². The van der Waals surface area contributed by atoms with E-state index in [0.717, 1.165) is 27.8 Å². The fraction of sp³-hybridized carbons (Fsp3) is 0.175. The number of benzene rings is 5. The molecule has 2 aliphatic rings. The van der Waals surface area contributed by atoms with Crippen molar-refractivity contribution in [3.05, 3.63) is 161 Å². The van der Waals surface area contributed by atoms with Gasteiger partial charge < -0.3 is 4.90 Å². The lowest BCUT2D eigenvalue weighted by atomic mass is 9.57. The molecule has 0 aromatic heterocycles. The van der Waals surface area contributed by atoms with Crippen LogP contribution < -0.4 is 4.90 Å². The molecule has 42 heavy (non-hydrogen) atoms. The molecule has 5 aromatic carbocycles. The van der Waals surface area contributed by atoms with Crippen LogP contribution in [0.2, 0.25) is 0 Å². The Kier molecular flexibility index (Phi) is 6.06. The van der Waals surface area contributed by atoms with Crippen molar-refractivity contribution in [3.63, 3.8) is 0 Å². The van der Waals surface area contributed by atoms with E-state index < -0.39 is 16.9 Å². The van der Waals surface area contributed by atoms with Crippen molar-refractivity contribution >= 4 is 33.4 Å². The third kappa shape index (κ3) is 3.75. The SMILES string of the molecule is Cc1ccc(C2=CC(c3ccccc3)=C[C@@]3([C@@H]2C(=O)c2ccccc2)N(C)c2c(ccc4ccccc24)C3(C)C)cc1. The van der Waals surface area contributed by atoms with Crippen molar-refractivity contribution in [1.82, 2.24) is 0 Å². The summed E-state index contributed by atoms with van der Waals surface area (Å²) in [4.78, 5) is 17.4. The molecule has 206 valence electrons. The standard InChI is InChI=1S/C40H35NO/c1-27-19-21-30(22-20-27)34-25-32(28-13-7-5-8-14-28)26-40(36(34)38(42)31-16-9-6-10-17-31)39(2,3)35-24-23-29-15-11-12-18-33(29)37(35)41(40)4/h5-26,36H,1-4H3/t36-,40-/m0/s1. The zero-order valence-electron chi connectivity index (χ0n) is 24.6. The van der Waals surface area contributed by atoms with Gasteiger partial charge in [0.1, 0.15) is 0 Å². The molecule has 0 amide bonds. The maximum atomic E-state index is 15.0. The summed E-state index contributed by atoms with van der Waals surface area (Å²) in [6.45, 7) is 6.76. The molecule has 2 atom stereocenters. The zero-order chi connectivity index (χ0) is 29.1. The molecule has 1 spiro atoms. The number of aryl methyl sites for hydroxylation is 1. The molecule has 1 aliphatic heterocycles. The normalized spacial score (nSPS) is 20.8. The smallest absolute Gasteiger partial charge is 0.173 e. The van der Waals surface area contributed by atoms with E-state index in [4.69, 9.17) is 0 Å². The number of allylic oxidation sites excluding steroid dienone is 2. The molecule has 0 saturated carbocycles. The van der Waals surface area contributed by atoms with Gasteiger partial charge in [-0.2, -0.15) is 0 Å². The van der Waals surface area contributed by atoms with E-state index in [1.54, 1.807) is 0 Å². The lowest BCUT2D eigenvalue weighted by Gasteiger charge is -2.52. The van der Waals surface area contributed by atoms with Crippen LogP contribution >= 0.6 is 0 Å². The van der Waals surface area contributed by atoms with Crippen LogP contribution in [0.25, 0.3) is 21.9 Å². The Balaban J connectivity index is 1.57. The second kappa shape index (κ2) is 9.70. The predicted molar refractivity (Wildman–Crippen MR) is 176 cm³/mol. The largest absolute Gasteiger partial charge is 0.363 e. The van der Waals surface area contributed by atoms with Crippen molar-refractivity contribution in [1.29, 1.82) is 0 Å². The van der Waals surface area contributed by atoms with Crippen LogP contribution in [-0.2, 0) is 5.41 Å². The van der Waals surface area contributed by atoms with E-state index in [-0.39, 0.29) is 5.78 Å². The Morgan fingerprint density at radius 2 is 1.36 bits per heavy atom. The highest BCUT2D eigenvalue weighted by molar-refractivity contribution is 6.11. The van der Waals surface area contributed by atoms with Gasteiger partial charge in [0.2, 0.25) is 0 Å². The summed E-state index contributed by atoms with van der Waals surface area (Å²) in [6, 6.07) is 42.2. The number of hydrogen-bond acceptors (Lipinski definition) is 2. The lowest BCUT2D eigenvalue weighted by Crippen LogP contribution is -2.61. The van der Waals surface area contributed by atoms with Gasteiger partial charge in [-0.1, -0.05) is 141 Å². The molecule has 0 bridgehead atoms. The average molecular weight is 546 g/mol. The summed E-state index contributed by atoms with van der Waals surface area (Å²) in [7, 11) is 2.20. The molecule has 1 aliphatic carbocycles. The Morgan fingerprint density at radius 3 is 2.07 bits per heavy atom. The van der Waals surface area contributed by atoms with Crippen molar-refractivity contribution in [3.8, 4) is 0 Å². The highest BCUT2D eigenvalue weighted by atomic mass is 16.1. The van der Waals surface area contributed by atoms with E-state index in [1.807, 2.05) is 30.3 Å². The van der Waals surface area contributed by atoms with Gasteiger partial charge >= 0.3 is 0 Å². The minimum absolute atomic E-state index is 0.142. The number of anilines is 1. The minimum atomic E-state index is -0.674. The quantitative estimate of drug-likeness (QED) is 0.210. The monoisotopic (exact) mass is 545 g/mol. The van der Waals surface area contributed by atoms with Crippen LogP contribution in [0, 0.1) is 12.8 Å². The third-order valence-corrected chi connectivity index (χ3v) is 9.72. The number of hydrogen-bond donors (Lipinski definition) is 0. The molecule has 2 nitrogen and oxygen atoms in total. The third-order valence-electron chi connectivity index (χ3n) is 9.72. The van der Waals surface area contributed by atoms with Gasteiger partial charge in [0.05, 0.1) is 11.5 Å². The first-order valence-corrected chi connectivity index (χ1v) is 14.8. The van der Waals surface area contributed by atoms with E-state index in [1.165, 1.54) is 27.6 Å². The predicted octanol–water partition coefficient (Wildman–Crippen LogP) is 9.29. The number of likely N-dealkylation sites (N-methyl/N-ethyl adjacent to an activating group) is 1. The molecule has 0 saturated heterocycles. The molecular formula is C40H35NO. The van der Waals surface area contributed by atoms with Crippen LogP contribution in [0.5, 0.6) is 0 Å². The number of ketones is 1. The number of rotatable bonds is 4. The highest BCUT2D eigenvalue weighted by Gasteiger charge is 2.62. The fourth-order valence-electron chi connectivity index (χ4n) is 7.53. The summed E-state index contributed by atoms with van der Waals surface area (Å²) >= 11 is 0. The minimum Gasteiger partial charge on any atom is -0.363 e. The van der Waals surface area contributed by atoms with Gasteiger partial charge in [-0.3, -0.25) is 4.79 Å². The topological polar surface area (TPSA) is 20.3 Å². The molecule has 0 unspecified atom stereocenters. The van der Waals surface area contributed by atoms with E-state index in [0.29, 0.717) is 0 Å². The van der Waals surface area contributed by atoms with E-state index >= 15 is 4.79 Å². The summed E-state index contributed by atoms with van der Waals surface area (Å²) in [6.07, 6.45) is 4.67. The van der Waals surface area contributed by atoms with Crippen LogP contribution in [0.1, 0.15) is 46.5 Å².